The van der Waals surface area contributed by atoms with Crippen molar-refractivity contribution in [2.45, 2.75) is 39.3 Å². The van der Waals surface area contributed by atoms with Gasteiger partial charge in [0.2, 0.25) is 5.78 Å². The Kier molecular flexibility index (Phi) is 4.02. The van der Waals surface area contributed by atoms with Gasteiger partial charge >= 0.3 is 0 Å². The lowest BCUT2D eigenvalue weighted by molar-refractivity contribution is -0.00259. The van der Waals surface area contributed by atoms with Crippen LogP contribution in [-0.4, -0.2) is 50.4 Å². The van der Waals surface area contributed by atoms with E-state index in [0.717, 1.165) is 50.6 Å². The van der Waals surface area contributed by atoms with Gasteiger partial charge in [-0.25, -0.2) is 0 Å². The lowest BCUT2D eigenvalue weighted by Crippen LogP contribution is -2.35. The standard InChI is InChI=1S/C20H25N5O2/c1-2-24-18(26)15-6-3-4-7-16(15)25-17(21-22-19(24)25)12-23-10-9-20(13-23)8-5-11-27-14-20/h3-4,6-7H,2,5,8-14H2,1H3. The van der Waals surface area contributed by atoms with Crippen molar-refractivity contribution < 1.29 is 4.74 Å². The molecule has 7 heteroatoms. The highest BCUT2D eigenvalue weighted by atomic mass is 16.5. The van der Waals surface area contributed by atoms with Gasteiger partial charge in [0.1, 0.15) is 0 Å². The van der Waals surface area contributed by atoms with Crippen molar-refractivity contribution in [1.82, 2.24) is 24.1 Å². The molecule has 5 rings (SSSR count). The minimum Gasteiger partial charge on any atom is -0.381 e. The molecule has 3 aromatic rings. The molecule has 27 heavy (non-hydrogen) atoms. The number of aromatic nitrogens is 4. The van der Waals surface area contributed by atoms with Gasteiger partial charge in [-0.3, -0.25) is 18.7 Å². The van der Waals surface area contributed by atoms with E-state index >= 15 is 0 Å². The summed E-state index contributed by atoms with van der Waals surface area (Å²) in [6.45, 7) is 7.18. The lowest BCUT2D eigenvalue weighted by atomic mass is 9.82. The molecule has 0 amide bonds. The summed E-state index contributed by atoms with van der Waals surface area (Å²) in [7, 11) is 0. The van der Waals surface area contributed by atoms with E-state index in [1.165, 1.54) is 12.8 Å². The summed E-state index contributed by atoms with van der Waals surface area (Å²) in [5.74, 6) is 1.53. The second kappa shape index (κ2) is 6.42. The van der Waals surface area contributed by atoms with Crippen molar-refractivity contribution in [3.8, 4) is 0 Å². The van der Waals surface area contributed by atoms with Gasteiger partial charge in [0.05, 0.1) is 24.1 Å². The van der Waals surface area contributed by atoms with Gasteiger partial charge in [0, 0.05) is 25.1 Å². The van der Waals surface area contributed by atoms with Crippen LogP contribution in [0.5, 0.6) is 0 Å². The lowest BCUT2D eigenvalue weighted by Gasteiger charge is -2.33. The van der Waals surface area contributed by atoms with Crippen molar-refractivity contribution in [2.24, 2.45) is 5.41 Å². The number of likely N-dealkylation sites (tertiary alicyclic amines) is 1. The monoisotopic (exact) mass is 367 g/mol. The first-order valence-electron chi connectivity index (χ1n) is 9.86. The molecule has 2 aliphatic heterocycles. The van der Waals surface area contributed by atoms with Crippen LogP contribution in [0.25, 0.3) is 16.7 Å². The molecule has 2 fully saturated rings. The maximum absolute atomic E-state index is 12.8. The van der Waals surface area contributed by atoms with Crippen LogP contribution in [0.3, 0.4) is 0 Å². The summed E-state index contributed by atoms with van der Waals surface area (Å²) in [4.78, 5) is 15.2. The van der Waals surface area contributed by atoms with Crippen molar-refractivity contribution >= 4 is 16.7 Å². The van der Waals surface area contributed by atoms with E-state index in [4.69, 9.17) is 4.74 Å². The SMILES string of the molecule is CCn1c(=O)c2ccccc2n2c(CN3CCC4(CCCOC4)C3)nnc12. The van der Waals surface area contributed by atoms with E-state index < -0.39 is 0 Å². The Morgan fingerprint density at radius 1 is 1.22 bits per heavy atom. The van der Waals surface area contributed by atoms with Crippen LogP contribution in [0, 0.1) is 5.41 Å². The molecule has 1 atom stereocenters. The smallest absolute Gasteiger partial charge is 0.262 e. The van der Waals surface area contributed by atoms with Gasteiger partial charge in [0.15, 0.2) is 5.82 Å². The molecule has 0 radical (unpaired) electrons. The number of aryl methyl sites for hydroxylation is 1. The summed E-state index contributed by atoms with van der Waals surface area (Å²) >= 11 is 0. The molecule has 0 N–H and O–H groups in total. The molecule has 0 bridgehead atoms. The predicted octanol–water partition coefficient (Wildman–Crippen LogP) is 2.07. The summed E-state index contributed by atoms with van der Waals surface area (Å²) < 4.78 is 9.53. The Morgan fingerprint density at radius 2 is 2.11 bits per heavy atom. The quantitative estimate of drug-likeness (QED) is 0.709. The molecular weight excluding hydrogens is 342 g/mol. The van der Waals surface area contributed by atoms with E-state index in [9.17, 15) is 4.79 Å². The van der Waals surface area contributed by atoms with Gasteiger partial charge in [-0.05, 0) is 44.9 Å². The second-order valence-corrected chi connectivity index (χ2v) is 7.93. The van der Waals surface area contributed by atoms with Crippen LogP contribution in [0.15, 0.2) is 29.1 Å². The van der Waals surface area contributed by atoms with Crippen molar-refractivity contribution in [2.75, 3.05) is 26.3 Å². The molecule has 0 saturated carbocycles. The Morgan fingerprint density at radius 3 is 2.93 bits per heavy atom. The predicted molar refractivity (Wildman–Crippen MR) is 103 cm³/mol. The number of hydrogen-bond donors (Lipinski definition) is 0. The number of fused-ring (bicyclic) bond motifs is 3. The van der Waals surface area contributed by atoms with Crippen molar-refractivity contribution in [1.29, 1.82) is 0 Å². The summed E-state index contributed by atoms with van der Waals surface area (Å²) in [5.41, 5.74) is 1.20. The summed E-state index contributed by atoms with van der Waals surface area (Å²) in [6, 6.07) is 7.74. The van der Waals surface area contributed by atoms with E-state index in [2.05, 4.69) is 19.5 Å². The van der Waals surface area contributed by atoms with Gasteiger partial charge in [-0.2, -0.15) is 0 Å². The molecule has 0 aliphatic carbocycles. The largest absolute Gasteiger partial charge is 0.381 e. The highest BCUT2D eigenvalue weighted by molar-refractivity contribution is 5.80. The second-order valence-electron chi connectivity index (χ2n) is 7.93. The average molecular weight is 367 g/mol. The molecule has 2 aromatic heterocycles. The molecule has 2 saturated heterocycles. The molecule has 2 aliphatic rings. The molecule has 1 aromatic carbocycles. The molecule has 1 spiro atoms. The Balaban J connectivity index is 1.55. The number of para-hydroxylation sites is 1. The van der Waals surface area contributed by atoms with Gasteiger partial charge in [0.25, 0.3) is 5.56 Å². The normalized spacial score (nSPS) is 23.7. The fourth-order valence-electron chi connectivity index (χ4n) is 4.80. The van der Waals surface area contributed by atoms with Crippen LogP contribution in [0.2, 0.25) is 0 Å². The van der Waals surface area contributed by atoms with E-state index in [0.29, 0.717) is 23.1 Å². The zero-order valence-corrected chi connectivity index (χ0v) is 15.7. The Hall–Kier alpha value is -2.25. The third-order valence-corrected chi connectivity index (χ3v) is 6.18. The first kappa shape index (κ1) is 16.9. The van der Waals surface area contributed by atoms with Crippen LogP contribution >= 0.6 is 0 Å². The topological polar surface area (TPSA) is 64.7 Å². The van der Waals surface area contributed by atoms with E-state index in [1.54, 1.807) is 4.57 Å². The first-order chi connectivity index (χ1) is 13.2. The number of benzene rings is 1. The fraction of sp³-hybridized carbons (Fsp3) is 0.550. The van der Waals surface area contributed by atoms with Crippen LogP contribution in [-0.2, 0) is 17.8 Å². The molecule has 4 heterocycles. The van der Waals surface area contributed by atoms with Crippen molar-refractivity contribution in [3.05, 3.63) is 40.4 Å². The fourth-order valence-corrected chi connectivity index (χ4v) is 4.80. The minimum absolute atomic E-state index is 0.000898. The van der Waals surface area contributed by atoms with Gasteiger partial charge in [-0.15, -0.1) is 10.2 Å². The van der Waals surface area contributed by atoms with Gasteiger partial charge in [-0.1, -0.05) is 12.1 Å². The number of nitrogens with zero attached hydrogens (tertiary/aromatic N) is 5. The third kappa shape index (κ3) is 2.68. The Bertz CT molecular complexity index is 1050. The zero-order chi connectivity index (χ0) is 18.4. The molecule has 7 nitrogen and oxygen atoms in total. The van der Waals surface area contributed by atoms with Crippen LogP contribution in [0.4, 0.5) is 0 Å². The molecule has 1 unspecified atom stereocenters. The maximum atomic E-state index is 12.8. The summed E-state index contributed by atoms with van der Waals surface area (Å²) in [6.07, 6.45) is 3.60. The van der Waals surface area contributed by atoms with E-state index in [1.807, 2.05) is 31.2 Å². The number of hydrogen-bond acceptors (Lipinski definition) is 5. The highest BCUT2D eigenvalue weighted by Gasteiger charge is 2.40. The summed E-state index contributed by atoms with van der Waals surface area (Å²) in [5, 5.41) is 9.56. The zero-order valence-electron chi connectivity index (χ0n) is 15.7. The maximum Gasteiger partial charge on any atom is 0.262 e. The van der Waals surface area contributed by atoms with Crippen LogP contribution in [0.1, 0.15) is 32.0 Å². The third-order valence-electron chi connectivity index (χ3n) is 6.18. The highest BCUT2D eigenvalue weighted by Crippen LogP contribution is 2.38. The average Bonchev–Trinajstić information content (AvgIpc) is 3.28. The number of ether oxygens (including phenoxy) is 1. The van der Waals surface area contributed by atoms with E-state index in [-0.39, 0.29) is 5.56 Å². The van der Waals surface area contributed by atoms with Crippen LogP contribution < -0.4 is 5.56 Å². The number of rotatable bonds is 3. The molecule has 142 valence electrons. The van der Waals surface area contributed by atoms with Gasteiger partial charge < -0.3 is 4.74 Å². The van der Waals surface area contributed by atoms with Crippen molar-refractivity contribution in [3.63, 3.8) is 0 Å². The molecular formula is C20H25N5O2. The minimum atomic E-state index is -0.000898. The first-order valence-corrected chi connectivity index (χ1v) is 9.86. The Labute approximate surface area is 157 Å².